The number of amides is 2. The van der Waals surface area contributed by atoms with Gasteiger partial charge in [-0.05, 0) is 6.42 Å². The van der Waals surface area contributed by atoms with Crippen molar-refractivity contribution in [1.29, 1.82) is 0 Å². The molecule has 0 aromatic carbocycles. The largest absolute Gasteiger partial charge is 0.385 e. The molecule has 1 saturated heterocycles. The van der Waals surface area contributed by atoms with Crippen molar-refractivity contribution in [1.82, 2.24) is 15.5 Å². The molecule has 1 heterocycles. The summed E-state index contributed by atoms with van der Waals surface area (Å²) < 4.78 is 10.2. The summed E-state index contributed by atoms with van der Waals surface area (Å²) in [5.41, 5.74) is 0. The number of hydrogen-bond acceptors (Lipinski definition) is 5. The van der Waals surface area contributed by atoms with Crippen LogP contribution in [0.15, 0.2) is 0 Å². The van der Waals surface area contributed by atoms with Gasteiger partial charge in [-0.15, -0.1) is 0 Å². The van der Waals surface area contributed by atoms with Gasteiger partial charge >= 0.3 is 0 Å². The Labute approximate surface area is 113 Å². The van der Waals surface area contributed by atoms with Gasteiger partial charge in [0.05, 0.1) is 13.2 Å². The summed E-state index contributed by atoms with van der Waals surface area (Å²) in [5.74, 6) is -0.338. The van der Waals surface area contributed by atoms with Crippen molar-refractivity contribution < 1.29 is 19.1 Å². The Bertz CT molecular complexity index is 293. The molecule has 0 bridgehead atoms. The summed E-state index contributed by atoms with van der Waals surface area (Å²) in [6, 6.07) is 0. The number of carbonyl (C=O) groups excluding carboxylic acids is 2. The lowest BCUT2D eigenvalue weighted by Crippen LogP contribution is -2.50. The van der Waals surface area contributed by atoms with E-state index in [0.717, 1.165) is 13.0 Å². The van der Waals surface area contributed by atoms with E-state index in [1.165, 1.54) is 4.90 Å². The summed E-state index contributed by atoms with van der Waals surface area (Å²) in [6.45, 7) is 2.98. The van der Waals surface area contributed by atoms with Gasteiger partial charge in [-0.1, -0.05) is 0 Å². The van der Waals surface area contributed by atoms with E-state index in [1.807, 2.05) is 0 Å². The third-order valence-corrected chi connectivity index (χ3v) is 2.81. The van der Waals surface area contributed by atoms with Gasteiger partial charge in [0.1, 0.15) is 6.10 Å². The summed E-state index contributed by atoms with van der Waals surface area (Å²) >= 11 is 0. The Hall–Kier alpha value is -1.18. The zero-order chi connectivity index (χ0) is 14.1. The second-order valence-corrected chi connectivity index (χ2v) is 4.45. The quantitative estimate of drug-likeness (QED) is 0.557. The lowest BCUT2D eigenvalue weighted by Gasteiger charge is -2.26. The fourth-order valence-electron chi connectivity index (χ4n) is 1.76. The Kier molecular flexibility index (Phi) is 7.39. The number of morpholine rings is 1. The van der Waals surface area contributed by atoms with Crippen molar-refractivity contribution in [2.24, 2.45) is 0 Å². The number of ether oxygens (including phenoxy) is 2. The van der Waals surface area contributed by atoms with Crippen LogP contribution < -0.4 is 10.6 Å². The van der Waals surface area contributed by atoms with E-state index in [2.05, 4.69) is 10.6 Å². The summed E-state index contributed by atoms with van der Waals surface area (Å²) in [4.78, 5) is 25.0. The Balaban J connectivity index is 2.22. The average Bonchev–Trinajstić information content (AvgIpc) is 2.43. The smallest absolute Gasteiger partial charge is 0.253 e. The topological polar surface area (TPSA) is 79.9 Å². The fourth-order valence-corrected chi connectivity index (χ4v) is 1.76. The maximum Gasteiger partial charge on any atom is 0.253 e. The minimum Gasteiger partial charge on any atom is -0.385 e. The van der Waals surface area contributed by atoms with E-state index in [4.69, 9.17) is 9.47 Å². The molecule has 0 aliphatic carbocycles. The van der Waals surface area contributed by atoms with Gasteiger partial charge in [0.25, 0.3) is 5.91 Å². The molecule has 1 aliphatic rings. The van der Waals surface area contributed by atoms with E-state index in [-0.39, 0.29) is 18.4 Å². The molecular formula is C12H23N3O4. The van der Waals surface area contributed by atoms with Gasteiger partial charge in [-0.2, -0.15) is 0 Å². The van der Waals surface area contributed by atoms with Crippen LogP contribution in [-0.2, 0) is 19.1 Å². The second-order valence-electron chi connectivity index (χ2n) is 4.45. The standard InChI is InChI=1S/C12H23N3O4/c1-15(9-11(16)14-4-3-6-18-2)12(17)10-8-13-5-7-19-10/h10,13H,3-9H2,1-2H3,(H,14,16). The van der Waals surface area contributed by atoms with Crippen molar-refractivity contribution in [2.45, 2.75) is 12.5 Å². The average molecular weight is 273 g/mol. The van der Waals surface area contributed by atoms with Crippen molar-refractivity contribution in [3.05, 3.63) is 0 Å². The molecule has 1 fully saturated rings. The number of likely N-dealkylation sites (N-methyl/N-ethyl adjacent to an activating group) is 1. The van der Waals surface area contributed by atoms with E-state index >= 15 is 0 Å². The SMILES string of the molecule is COCCCNC(=O)CN(C)C(=O)C1CNCCO1. The van der Waals surface area contributed by atoms with Gasteiger partial charge in [0.2, 0.25) is 5.91 Å². The first-order chi connectivity index (χ1) is 9.15. The van der Waals surface area contributed by atoms with E-state index < -0.39 is 6.10 Å². The van der Waals surface area contributed by atoms with Gasteiger partial charge in [0.15, 0.2) is 0 Å². The molecule has 0 aromatic heterocycles. The highest BCUT2D eigenvalue weighted by molar-refractivity contribution is 5.87. The van der Waals surface area contributed by atoms with E-state index in [9.17, 15) is 9.59 Å². The third-order valence-electron chi connectivity index (χ3n) is 2.81. The number of carbonyl (C=O) groups is 2. The molecule has 1 atom stereocenters. The molecule has 0 radical (unpaired) electrons. The number of methoxy groups -OCH3 is 1. The van der Waals surface area contributed by atoms with Gasteiger partial charge in [-0.3, -0.25) is 9.59 Å². The van der Waals surface area contributed by atoms with Crippen molar-refractivity contribution in [3.63, 3.8) is 0 Å². The van der Waals surface area contributed by atoms with Gasteiger partial charge in [-0.25, -0.2) is 0 Å². The summed E-state index contributed by atoms with van der Waals surface area (Å²) in [7, 11) is 3.22. The maximum atomic E-state index is 12.0. The Morgan fingerprint density at radius 3 is 2.95 bits per heavy atom. The van der Waals surface area contributed by atoms with Crippen molar-refractivity contribution in [2.75, 3.05) is 53.6 Å². The highest BCUT2D eigenvalue weighted by atomic mass is 16.5. The minimum atomic E-state index is -0.486. The van der Waals surface area contributed by atoms with Gasteiger partial charge < -0.3 is 25.0 Å². The van der Waals surface area contributed by atoms with Crippen LogP contribution in [0.1, 0.15) is 6.42 Å². The normalized spacial score (nSPS) is 18.9. The van der Waals surface area contributed by atoms with Crippen LogP contribution in [0.25, 0.3) is 0 Å². The fraction of sp³-hybridized carbons (Fsp3) is 0.833. The Morgan fingerprint density at radius 2 is 2.32 bits per heavy atom. The monoisotopic (exact) mass is 273 g/mol. The van der Waals surface area contributed by atoms with Crippen LogP contribution in [0.3, 0.4) is 0 Å². The van der Waals surface area contributed by atoms with Crippen LogP contribution in [-0.4, -0.2) is 76.4 Å². The molecule has 2 amide bonds. The lowest BCUT2D eigenvalue weighted by molar-refractivity contribution is -0.146. The van der Waals surface area contributed by atoms with Crippen LogP contribution in [0, 0.1) is 0 Å². The molecule has 1 aliphatic heterocycles. The molecule has 0 spiro atoms. The van der Waals surface area contributed by atoms with Crippen LogP contribution >= 0.6 is 0 Å². The zero-order valence-corrected chi connectivity index (χ0v) is 11.6. The first-order valence-corrected chi connectivity index (χ1v) is 6.48. The molecule has 0 aromatic rings. The maximum absolute atomic E-state index is 12.0. The predicted molar refractivity (Wildman–Crippen MR) is 69.7 cm³/mol. The van der Waals surface area contributed by atoms with Crippen LogP contribution in [0.4, 0.5) is 0 Å². The number of rotatable bonds is 7. The molecule has 19 heavy (non-hydrogen) atoms. The highest BCUT2D eigenvalue weighted by Crippen LogP contribution is 2.00. The molecule has 2 N–H and O–H groups in total. The van der Waals surface area contributed by atoms with Crippen LogP contribution in [0.2, 0.25) is 0 Å². The lowest BCUT2D eigenvalue weighted by atomic mass is 10.2. The molecule has 7 nitrogen and oxygen atoms in total. The molecule has 0 saturated carbocycles. The third kappa shape index (κ3) is 6.00. The Morgan fingerprint density at radius 1 is 1.53 bits per heavy atom. The molecule has 1 rings (SSSR count). The molecule has 1 unspecified atom stereocenters. The van der Waals surface area contributed by atoms with Gasteiger partial charge in [0, 0.05) is 40.4 Å². The summed E-state index contributed by atoms with van der Waals surface area (Å²) in [5, 5.41) is 5.82. The first-order valence-electron chi connectivity index (χ1n) is 6.48. The molecular weight excluding hydrogens is 250 g/mol. The van der Waals surface area contributed by atoms with Crippen molar-refractivity contribution in [3.8, 4) is 0 Å². The van der Waals surface area contributed by atoms with E-state index in [1.54, 1.807) is 14.2 Å². The number of nitrogens with one attached hydrogen (secondary N) is 2. The minimum absolute atomic E-state index is 0.0473. The van der Waals surface area contributed by atoms with E-state index in [0.29, 0.717) is 26.3 Å². The molecule has 7 heteroatoms. The predicted octanol–water partition coefficient (Wildman–Crippen LogP) is -1.41. The highest BCUT2D eigenvalue weighted by Gasteiger charge is 2.25. The number of nitrogens with zero attached hydrogens (tertiary/aromatic N) is 1. The van der Waals surface area contributed by atoms with Crippen LogP contribution in [0.5, 0.6) is 0 Å². The second kappa shape index (κ2) is 8.84. The van der Waals surface area contributed by atoms with Crippen molar-refractivity contribution >= 4 is 11.8 Å². The first kappa shape index (κ1) is 15.9. The zero-order valence-electron chi connectivity index (χ0n) is 11.6. The molecule has 110 valence electrons. The number of hydrogen-bond donors (Lipinski definition) is 2. The summed E-state index contributed by atoms with van der Waals surface area (Å²) in [6.07, 6.45) is 0.273.